The first-order valence-electron chi connectivity index (χ1n) is 12.4. The number of hydrogen-bond acceptors (Lipinski definition) is 5. The lowest BCUT2D eigenvalue weighted by Gasteiger charge is -2.08. The highest BCUT2D eigenvalue weighted by Gasteiger charge is 2.16. The van der Waals surface area contributed by atoms with Crippen molar-refractivity contribution in [2.24, 2.45) is 0 Å². The van der Waals surface area contributed by atoms with E-state index in [1.807, 2.05) is 60.7 Å². The van der Waals surface area contributed by atoms with Gasteiger partial charge in [-0.05, 0) is 41.5 Å². The molecule has 0 atom stereocenters. The quantitative estimate of drug-likeness (QED) is 0.252. The average molecular weight is 513 g/mol. The van der Waals surface area contributed by atoms with Crippen molar-refractivity contribution < 1.29 is 9.13 Å². The normalized spacial score (nSPS) is 11.3. The highest BCUT2D eigenvalue weighted by atomic mass is 19.1. The van der Waals surface area contributed by atoms with Gasteiger partial charge in [-0.15, -0.1) is 0 Å². The molecular weight excluding hydrogens is 491 g/mol. The lowest BCUT2D eigenvalue weighted by Crippen LogP contribution is -1.96. The van der Waals surface area contributed by atoms with E-state index in [1.54, 1.807) is 30.7 Å². The second-order valence-electron chi connectivity index (χ2n) is 9.16. The van der Waals surface area contributed by atoms with Crippen molar-refractivity contribution in [3.05, 3.63) is 115 Å². The molecule has 0 spiro atoms. The lowest BCUT2D eigenvalue weighted by atomic mass is 10.0. The highest BCUT2D eigenvalue weighted by molar-refractivity contribution is 5.97. The number of benzene rings is 3. The van der Waals surface area contributed by atoms with Crippen LogP contribution in [0.4, 0.5) is 4.39 Å². The van der Waals surface area contributed by atoms with E-state index in [9.17, 15) is 4.39 Å². The van der Waals surface area contributed by atoms with Crippen LogP contribution in [0, 0.1) is 5.82 Å². The third-order valence-electron chi connectivity index (χ3n) is 6.60. The summed E-state index contributed by atoms with van der Waals surface area (Å²) in [7, 11) is 0. The Labute approximate surface area is 222 Å². The first-order valence-corrected chi connectivity index (χ1v) is 12.4. The molecule has 7 nitrogen and oxygen atoms in total. The van der Waals surface area contributed by atoms with Gasteiger partial charge in [0.2, 0.25) is 0 Å². The number of rotatable bonds is 6. The van der Waals surface area contributed by atoms with E-state index in [1.165, 1.54) is 12.1 Å². The van der Waals surface area contributed by atoms with Crippen LogP contribution in [-0.2, 0) is 6.61 Å². The number of imidazole rings is 1. The second kappa shape index (κ2) is 9.50. The maximum Gasteiger partial charge on any atom is 0.159 e. The Morgan fingerprint density at radius 3 is 2.54 bits per heavy atom. The fraction of sp³-hybridized carbons (Fsp3) is 0.0323. The van der Waals surface area contributed by atoms with Crippen LogP contribution in [0.5, 0.6) is 5.75 Å². The predicted molar refractivity (Wildman–Crippen MR) is 148 cm³/mol. The maximum atomic E-state index is 13.5. The number of nitrogens with zero attached hydrogens (tertiary/aromatic N) is 4. The van der Waals surface area contributed by atoms with Gasteiger partial charge in [-0.25, -0.2) is 9.37 Å². The molecule has 0 fully saturated rings. The molecule has 0 bridgehead atoms. The Morgan fingerprint density at radius 2 is 1.67 bits per heavy atom. The van der Waals surface area contributed by atoms with E-state index in [-0.39, 0.29) is 5.82 Å². The second-order valence-corrected chi connectivity index (χ2v) is 9.16. The molecule has 0 unspecified atom stereocenters. The average Bonchev–Trinajstić information content (AvgIpc) is 3.61. The molecule has 7 aromatic rings. The number of para-hydroxylation sites is 1. The van der Waals surface area contributed by atoms with E-state index < -0.39 is 0 Å². The minimum absolute atomic E-state index is 0.274. The summed E-state index contributed by atoms with van der Waals surface area (Å²) in [5.74, 6) is 1.02. The highest BCUT2D eigenvalue weighted by Crippen LogP contribution is 2.33. The summed E-state index contributed by atoms with van der Waals surface area (Å²) in [5, 5.41) is 8.47. The number of H-pyrrole nitrogens is 2. The number of nitrogens with one attached hydrogen (secondary N) is 2. The number of aromatic nitrogens is 6. The number of pyridine rings is 2. The van der Waals surface area contributed by atoms with Gasteiger partial charge in [-0.1, -0.05) is 54.6 Å². The number of aromatic amines is 2. The molecule has 3 aromatic carbocycles. The molecule has 0 aliphatic heterocycles. The first kappa shape index (κ1) is 22.8. The monoisotopic (exact) mass is 512 g/mol. The first-order chi connectivity index (χ1) is 19.2. The Morgan fingerprint density at radius 1 is 0.795 bits per heavy atom. The molecule has 0 aliphatic rings. The van der Waals surface area contributed by atoms with Crippen molar-refractivity contribution in [1.29, 1.82) is 0 Å². The zero-order chi connectivity index (χ0) is 26.2. The topological polar surface area (TPSA) is 92.4 Å². The molecule has 7 rings (SSSR count). The molecule has 0 radical (unpaired) electrons. The van der Waals surface area contributed by atoms with Crippen molar-refractivity contribution >= 4 is 21.9 Å². The zero-order valence-corrected chi connectivity index (χ0v) is 20.6. The SMILES string of the molecule is Fc1ccc(-c2cccc3[nH]c(-c4n[nH]c5cnc(-c6cncc(OCc7ccccc7)c6)cc45)nc23)cc1. The Kier molecular flexibility index (Phi) is 5.55. The van der Waals surface area contributed by atoms with E-state index in [2.05, 4.69) is 25.1 Å². The molecule has 39 heavy (non-hydrogen) atoms. The number of ether oxygens (including phenoxy) is 1. The molecule has 0 amide bonds. The standard InChI is InChI=1S/C31H21FN6O/c32-22-11-9-20(10-12-22)24-7-4-8-26-29(24)36-31(35-26)30-25-14-27(34-17-28(25)37-38-30)21-13-23(16-33-15-21)39-18-19-5-2-1-3-6-19/h1-17H,18H2,(H,35,36)(H,37,38). The van der Waals surface area contributed by atoms with Crippen molar-refractivity contribution in [3.63, 3.8) is 0 Å². The lowest BCUT2D eigenvalue weighted by molar-refractivity contribution is 0.305. The van der Waals surface area contributed by atoms with Crippen molar-refractivity contribution in [3.8, 4) is 39.7 Å². The molecule has 0 saturated carbocycles. The third-order valence-corrected chi connectivity index (χ3v) is 6.60. The number of fused-ring (bicyclic) bond motifs is 2. The van der Waals surface area contributed by atoms with E-state index >= 15 is 0 Å². The smallest absolute Gasteiger partial charge is 0.159 e. The molecule has 0 saturated heterocycles. The van der Waals surface area contributed by atoms with E-state index in [0.29, 0.717) is 23.9 Å². The third kappa shape index (κ3) is 4.38. The van der Waals surface area contributed by atoms with Crippen LogP contribution >= 0.6 is 0 Å². The molecule has 8 heteroatoms. The number of hydrogen-bond donors (Lipinski definition) is 2. The predicted octanol–water partition coefficient (Wildman–Crippen LogP) is 6.95. The minimum Gasteiger partial charge on any atom is -0.487 e. The van der Waals surface area contributed by atoms with Gasteiger partial charge in [0.05, 0.1) is 34.6 Å². The van der Waals surface area contributed by atoms with Crippen LogP contribution in [0.2, 0.25) is 0 Å². The summed E-state index contributed by atoms with van der Waals surface area (Å²) in [4.78, 5) is 17.3. The van der Waals surface area contributed by atoms with Gasteiger partial charge in [-0.2, -0.15) is 5.10 Å². The fourth-order valence-electron chi connectivity index (χ4n) is 4.64. The Balaban J connectivity index is 1.24. The van der Waals surface area contributed by atoms with Gasteiger partial charge in [0.1, 0.15) is 23.9 Å². The van der Waals surface area contributed by atoms with Crippen LogP contribution in [0.1, 0.15) is 5.56 Å². The molecule has 4 heterocycles. The van der Waals surface area contributed by atoms with Gasteiger partial charge in [0.25, 0.3) is 0 Å². The van der Waals surface area contributed by atoms with Gasteiger partial charge in [0.15, 0.2) is 5.82 Å². The number of halogens is 1. The van der Waals surface area contributed by atoms with E-state index in [0.717, 1.165) is 49.9 Å². The van der Waals surface area contributed by atoms with Gasteiger partial charge < -0.3 is 9.72 Å². The van der Waals surface area contributed by atoms with Gasteiger partial charge in [-0.3, -0.25) is 15.1 Å². The van der Waals surface area contributed by atoms with Crippen LogP contribution in [0.15, 0.2) is 104 Å². The molecular formula is C31H21FN6O. The molecule has 4 aromatic heterocycles. The Bertz CT molecular complexity index is 1930. The van der Waals surface area contributed by atoms with Gasteiger partial charge in [0, 0.05) is 22.7 Å². The van der Waals surface area contributed by atoms with E-state index in [4.69, 9.17) is 9.72 Å². The summed E-state index contributed by atoms with van der Waals surface area (Å²) in [6, 6.07) is 26.2. The summed E-state index contributed by atoms with van der Waals surface area (Å²) in [6.45, 7) is 0.455. The maximum absolute atomic E-state index is 13.5. The molecule has 0 aliphatic carbocycles. The summed E-state index contributed by atoms with van der Waals surface area (Å²) in [5.41, 5.74) is 7.58. The summed E-state index contributed by atoms with van der Waals surface area (Å²) in [6.07, 6.45) is 5.21. The summed E-state index contributed by atoms with van der Waals surface area (Å²) >= 11 is 0. The fourth-order valence-corrected chi connectivity index (χ4v) is 4.64. The Hall–Kier alpha value is -5.37. The largest absolute Gasteiger partial charge is 0.487 e. The van der Waals surface area contributed by atoms with Crippen molar-refractivity contribution in [2.75, 3.05) is 0 Å². The molecule has 188 valence electrons. The van der Waals surface area contributed by atoms with Crippen LogP contribution in [-0.4, -0.2) is 30.1 Å². The zero-order valence-electron chi connectivity index (χ0n) is 20.6. The summed E-state index contributed by atoms with van der Waals surface area (Å²) < 4.78 is 19.5. The molecule has 2 N–H and O–H groups in total. The van der Waals surface area contributed by atoms with Crippen LogP contribution in [0.25, 0.3) is 55.8 Å². The minimum atomic E-state index is -0.274. The van der Waals surface area contributed by atoms with Crippen LogP contribution < -0.4 is 4.74 Å². The van der Waals surface area contributed by atoms with Crippen LogP contribution in [0.3, 0.4) is 0 Å². The van der Waals surface area contributed by atoms with Crippen molar-refractivity contribution in [2.45, 2.75) is 6.61 Å². The van der Waals surface area contributed by atoms with Crippen molar-refractivity contribution in [1.82, 2.24) is 30.1 Å². The van der Waals surface area contributed by atoms with Gasteiger partial charge >= 0.3 is 0 Å².